The molecule has 3 aromatic carbocycles. The topological polar surface area (TPSA) is 0 Å². The average molecular weight is 542 g/mol. The molecule has 4 rings (SSSR count). The number of hydrogen-bond donors (Lipinski definition) is 0. The van der Waals surface area contributed by atoms with Gasteiger partial charge < -0.3 is 0 Å². The molecular formula is C25H14F12. The van der Waals surface area contributed by atoms with Crippen LogP contribution in [0.15, 0.2) is 66.7 Å². The lowest BCUT2D eigenvalue weighted by Gasteiger charge is -2.14. The van der Waals surface area contributed by atoms with E-state index in [9.17, 15) is 52.7 Å². The SMILES string of the molecule is FC(F)(F)c1ccc(C2C(c3ccc(C(F)(F)F)cc3)C2c2cc(C(F)(F)F)cc(C(F)(F)F)c2)cc1. The van der Waals surface area contributed by atoms with Gasteiger partial charge in [0.2, 0.25) is 0 Å². The van der Waals surface area contributed by atoms with Crippen LogP contribution >= 0.6 is 0 Å². The Kier molecular flexibility index (Phi) is 6.31. The molecule has 0 amide bonds. The molecule has 0 spiro atoms. The molecule has 1 saturated carbocycles. The summed E-state index contributed by atoms with van der Waals surface area (Å²) in [7, 11) is 0. The fourth-order valence-corrected chi connectivity index (χ4v) is 4.52. The molecular weight excluding hydrogens is 528 g/mol. The Bertz CT molecular complexity index is 1160. The van der Waals surface area contributed by atoms with Crippen LogP contribution in [0.1, 0.15) is 56.7 Å². The van der Waals surface area contributed by atoms with Gasteiger partial charge in [-0.2, -0.15) is 52.7 Å². The van der Waals surface area contributed by atoms with Crippen molar-refractivity contribution >= 4 is 0 Å². The van der Waals surface area contributed by atoms with Gasteiger partial charge in [0.05, 0.1) is 22.3 Å². The summed E-state index contributed by atoms with van der Waals surface area (Å²) in [6.45, 7) is 0. The van der Waals surface area contributed by atoms with Crippen molar-refractivity contribution in [2.75, 3.05) is 0 Å². The zero-order valence-electron chi connectivity index (χ0n) is 18.1. The number of benzene rings is 3. The van der Waals surface area contributed by atoms with Gasteiger partial charge in [0, 0.05) is 0 Å². The molecule has 3 aromatic rings. The van der Waals surface area contributed by atoms with Crippen LogP contribution in [0.5, 0.6) is 0 Å². The number of hydrogen-bond acceptors (Lipinski definition) is 0. The van der Waals surface area contributed by atoms with E-state index < -0.39 is 64.7 Å². The van der Waals surface area contributed by atoms with Crippen LogP contribution in [0, 0.1) is 0 Å². The monoisotopic (exact) mass is 542 g/mol. The van der Waals surface area contributed by atoms with Crippen LogP contribution in [0.25, 0.3) is 0 Å². The van der Waals surface area contributed by atoms with Crippen molar-refractivity contribution in [2.45, 2.75) is 42.5 Å². The van der Waals surface area contributed by atoms with Gasteiger partial charge >= 0.3 is 24.7 Å². The van der Waals surface area contributed by atoms with E-state index >= 15 is 0 Å². The number of halogens is 12. The summed E-state index contributed by atoms with van der Waals surface area (Å²) in [4.78, 5) is 0. The average Bonchev–Trinajstić information content (AvgIpc) is 3.52. The van der Waals surface area contributed by atoms with Crippen molar-refractivity contribution < 1.29 is 52.7 Å². The van der Waals surface area contributed by atoms with Crippen LogP contribution in [0.3, 0.4) is 0 Å². The summed E-state index contributed by atoms with van der Waals surface area (Å²) in [5, 5.41) is 0. The van der Waals surface area contributed by atoms with Crippen LogP contribution in [0.4, 0.5) is 52.7 Å². The summed E-state index contributed by atoms with van der Waals surface area (Å²) >= 11 is 0. The molecule has 1 aliphatic carbocycles. The fraction of sp³-hybridized carbons (Fsp3) is 0.280. The first-order valence-electron chi connectivity index (χ1n) is 10.5. The maximum atomic E-state index is 13.4. The van der Waals surface area contributed by atoms with Crippen molar-refractivity contribution in [1.29, 1.82) is 0 Å². The first-order valence-corrected chi connectivity index (χ1v) is 10.5. The number of alkyl halides is 12. The smallest absolute Gasteiger partial charge is 0.166 e. The third-order valence-corrected chi connectivity index (χ3v) is 6.26. The first-order chi connectivity index (χ1) is 16.9. The molecule has 1 aliphatic rings. The standard InChI is InChI=1S/C25H14F12/c26-22(27,28)15-5-1-12(2-6-15)19-20(13-3-7-16(8-4-13)23(29,30)31)21(19)14-9-17(24(32,33)34)11-18(10-14)25(35,36)37/h1-11,19-21H. The van der Waals surface area contributed by atoms with E-state index in [0.717, 1.165) is 48.5 Å². The van der Waals surface area contributed by atoms with E-state index in [1.807, 2.05) is 0 Å². The highest BCUT2D eigenvalue weighted by Crippen LogP contribution is 2.66. The Morgan fingerprint density at radius 1 is 0.324 bits per heavy atom. The summed E-state index contributed by atoms with van der Waals surface area (Å²) in [5.74, 6) is -2.80. The van der Waals surface area contributed by atoms with E-state index in [0.29, 0.717) is 12.1 Å². The third kappa shape index (κ3) is 5.57. The van der Waals surface area contributed by atoms with Gasteiger partial charge in [0.1, 0.15) is 0 Å². The summed E-state index contributed by atoms with van der Waals surface area (Å²) in [6.07, 6.45) is -19.6. The maximum absolute atomic E-state index is 13.4. The van der Waals surface area contributed by atoms with Gasteiger partial charge in [0.25, 0.3) is 0 Å². The second-order valence-corrected chi connectivity index (χ2v) is 8.66. The normalized spacial score (nSPS) is 20.7. The maximum Gasteiger partial charge on any atom is 0.416 e. The van der Waals surface area contributed by atoms with Crippen LogP contribution in [0.2, 0.25) is 0 Å². The first kappa shape index (κ1) is 26.9. The Morgan fingerprint density at radius 2 is 0.595 bits per heavy atom. The Balaban J connectivity index is 1.82. The van der Waals surface area contributed by atoms with Crippen LogP contribution in [-0.2, 0) is 24.7 Å². The molecule has 0 heterocycles. The van der Waals surface area contributed by atoms with Crippen molar-refractivity contribution in [2.24, 2.45) is 0 Å². The zero-order valence-corrected chi connectivity index (χ0v) is 18.1. The van der Waals surface area contributed by atoms with Gasteiger partial charge in [-0.1, -0.05) is 24.3 Å². The molecule has 198 valence electrons. The molecule has 0 radical (unpaired) electrons. The van der Waals surface area contributed by atoms with Gasteiger partial charge in [-0.05, 0) is 76.9 Å². The molecule has 1 fully saturated rings. The number of rotatable bonds is 3. The molecule has 2 atom stereocenters. The van der Waals surface area contributed by atoms with Crippen LogP contribution < -0.4 is 0 Å². The molecule has 0 saturated heterocycles. The second kappa shape index (κ2) is 8.70. The van der Waals surface area contributed by atoms with E-state index in [2.05, 4.69) is 0 Å². The molecule has 0 N–H and O–H groups in total. The zero-order chi connectivity index (χ0) is 27.6. The Labute approximate surface area is 201 Å². The molecule has 0 bridgehead atoms. The van der Waals surface area contributed by atoms with Gasteiger partial charge in [-0.15, -0.1) is 0 Å². The largest absolute Gasteiger partial charge is 0.416 e. The minimum absolute atomic E-state index is 0.0495. The van der Waals surface area contributed by atoms with E-state index in [1.165, 1.54) is 0 Å². The van der Waals surface area contributed by atoms with Crippen molar-refractivity contribution in [3.63, 3.8) is 0 Å². The predicted molar refractivity (Wildman–Crippen MR) is 108 cm³/mol. The molecule has 0 aliphatic heterocycles. The second-order valence-electron chi connectivity index (χ2n) is 8.66. The predicted octanol–water partition coefficient (Wildman–Crippen LogP) is 9.43. The molecule has 2 unspecified atom stereocenters. The highest BCUT2D eigenvalue weighted by Gasteiger charge is 2.53. The van der Waals surface area contributed by atoms with Crippen LogP contribution in [-0.4, -0.2) is 0 Å². The van der Waals surface area contributed by atoms with Gasteiger partial charge in [-0.3, -0.25) is 0 Å². The Hall–Kier alpha value is -3.18. The quantitative estimate of drug-likeness (QED) is 0.289. The van der Waals surface area contributed by atoms with E-state index in [4.69, 9.17) is 0 Å². The van der Waals surface area contributed by atoms with E-state index in [1.54, 1.807) is 0 Å². The molecule has 0 aromatic heterocycles. The lowest BCUT2D eigenvalue weighted by molar-refractivity contribution is -0.143. The lowest BCUT2D eigenvalue weighted by atomic mass is 9.98. The summed E-state index contributed by atoms with van der Waals surface area (Å²) < 4.78 is 158. The van der Waals surface area contributed by atoms with Crippen molar-refractivity contribution in [1.82, 2.24) is 0 Å². The minimum atomic E-state index is -5.13. The fourth-order valence-electron chi connectivity index (χ4n) is 4.52. The lowest BCUT2D eigenvalue weighted by Crippen LogP contribution is -2.11. The molecule has 37 heavy (non-hydrogen) atoms. The van der Waals surface area contributed by atoms with Crippen molar-refractivity contribution in [3.8, 4) is 0 Å². The molecule has 0 nitrogen and oxygen atoms in total. The highest BCUT2D eigenvalue weighted by molar-refractivity contribution is 5.50. The third-order valence-electron chi connectivity index (χ3n) is 6.26. The Morgan fingerprint density at radius 3 is 0.865 bits per heavy atom. The highest BCUT2D eigenvalue weighted by atomic mass is 19.4. The molecule has 12 heteroatoms. The van der Waals surface area contributed by atoms with E-state index in [-0.39, 0.29) is 22.8 Å². The summed E-state index contributed by atoms with van der Waals surface area (Å²) in [5.41, 5.74) is -5.17. The van der Waals surface area contributed by atoms with Gasteiger partial charge in [0.15, 0.2) is 0 Å². The minimum Gasteiger partial charge on any atom is -0.166 e. The van der Waals surface area contributed by atoms with Crippen molar-refractivity contribution in [3.05, 3.63) is 106 Å². The summed E-state index contributed by atoms with van der Waals surface area (Å²) in [6, 6.07) is 8.14. The van der Waals surface area contributed by atoms with Gasteiger partial charge in [-0.25, -0.2) is 0 Å².